The molecule has 0 amide bonds. The zero-order valence-electron chi connectivity index (χ0n) is 8.26. The molecule has 15 heavy (non-hydrogen) atoms. The molecular weight excluding hydrogens is 196 g/mol. The fourth-order valence-corrected chi connectivity index (χ4v) is 2.29. The van der Waals surface area contributed by atoms with Crippen LogP contribution in [0.3, 0.4) is 0 Å². The summed E-state index contributed by atoms with van der Waals surface area (Å²) in [6, 6.07) is 6.22. The highest BCUT2D eigenvalue weighted by molar-refractivity contribution is 5.35. The largest absolute Gasteiger partial charge is 0.204 e. The highest BCUT2D eigenvalue weighted by Crippen LogP contribution is 2.41. The van der Waals surface area contributed by atoms with E-state index in [1.807, 2.05) is 0 Å². The lowest BCUT2D eigenvalue weighted by Crippen LogP contribution is -2.21. The van der Waals surface area contributed by atoms with Crippen molar-refractivity contribution in [3.63, 3.8) is 0 Å². The van der Waals surface area contributed by atoms with Gasteiger partial charge >= 0.3 is 0 Å². The number of benzene rings is 1. The Labute approximate surface area is 87.3 Å². The monoisotopic (exact) mass is 207 g/mol. The molecule has 1 aromatic rings. The van der Waals surface area contributed by atoms with Crippen molar-refractivity contribution >= 4 is 0 Å². The molecule has 3 heteroatoms. The van der Waals surface area contributed by atoms with E-state index in [9.17, 15) is 8.78 Å². The first-order valence-electron chi connectivity index (χ1n) is 5.05. The molecule has 1 saturated carbocycles. The number of nitrogens with zero attached hydrogens (tertiary/aromatic N) is 1. The molecule has 0 spiro atoms. The van der Waals surface area contributed by atoms with Crippen molar-refractivity contribution in [2.45, 2.75) is 31.1 Å². The summed E-state index contributed by atoms with van der Waals surface area (Å²) in [4.78, 5) is 0. The fraction of sp³-hybridized carbons (Fsp3) is 0.417. The molecule has 1 aliphatic rings. The standard InChI is InChI=1S/C12H11F2N/c13-10-5-3-4-9(11(10)14)12(8-15)6-1-2-7-12/h3-5H,1-2,6-7H2. The second-order valence-corrected chi connectivity index (χ2v) is 4.00. The van der Waals surface area contributed by atoms with Crippen LogP contribution >= 0.6 is 0 Å². The lowest BCUT2D eigenvalue weighted by molar-refractivity contribution is 0.463. The molecule has 0 saturated heterocycles. The van der Waals surface area contributed by atoms with Crippen molar-refractivity contribution < 1.29 is 8.78 Å². The van der Waals surface area contributed by atoms with E-state index in [-0.39, 0.29) is 5.56 Å². The second kappa shape index (κ2) is 3.62. The van der Waals surface area contributed by atoms with Gasteiger partial charge in [0.2, 0.25) is 0 Å². The third-order valence-electron chi connectivity index (χ3n) is 3.14. The molecule has 0 unspecified atom stereocenters. The summed E-state index contributed by atoms with van der Waals surface area (Å²) in [5.41, 5.74) is -0.575. The van der Waals surface area contributed by atoms with E-state index >= 15 is 0 Å². The molecular formula is C12H11F2N. The summed E-state index contributed by atoms with van der Waals surface area (Å²) in [5, 5.41) is 9.15. The van der Waals surface area contributed by atoms with Crippen LogP contribution in [0, 0.1) is 23.0 Å². The molecule has 1 aliphatic carbocycles. The van der Waals surface area contributed by atoms with E-state index in [0.29, 0.717) is 12.8 Å². The average molecular weight is 207 g/mol. The zero-order valence-corrected chi connectivity index (χ0v) is 8.26. The van der Waals surface area contributed by atoms with Gasteiger partial charge in [-0.3, -0.25) is 0 Å². The van der Waals surface area contributed by atoms with Crippen LogP contribution in [0.25, 0.3) is 0 Å². The quantitative estimate of drug-likeness (QED) is 0.693. The van der Waals surface area contributed by atoms with Crippen molar-refractivity contribution in [1.82, 2.24) is 0 Å². The summed E-state index contributed by atoms with van der Waals surface area (Å²) in [5.74, 6) is -1.73. The summed E-state index contributed by atoms with van der Waals surface area (Å²) >= 11 is 0. The van der Waals surface area contributed by atoms with Crippen LogP contribution in [0.15, 0.2) is 18.2 Å². The normalized spacial score (nSPS) is 18.7. The Morgan fingerprint density at radius 3 is 2.47 bits per heavy atom. The Kier molecular flexibility index (Phi) is 2.44. The maximum Gasteiger partial charge on any atom is 0.163 e. The molecule has 0 bridgehead atoms. The summed E-state index contributed by atoms with van der Waals surface area (Å²) in [7, 11) is 0. The van der Waals surface area contributed by atoms with Crippen LogP contribution in [0.5, 0.6) is 0 Å². The number of rotatable bonds is 1. The minimum Gasteiger partial charge on any atom is -0.204 e. The number of halogens is 2. The third-order valence-corrected chi connectivity index (χ3v) is 3.14. The second-order valence-electron chi connectivity index (χ2n) is 4.00. The summed E-state index contributed by atoms with van der Waals surface area (Å²) in [6.07, 6.45) is 3.07. The van der Waals surface area contributed by atoms with Crippen LogP contribution in [-0.4, -0.2) is 0 Å². The Bertz CT molecular complexity index is 414. The molecule has 2 rings (SSSR count). The topological polar surface area (TPSA) is 23.8 Å². The van der Waals surface area contributed by atoms with Gasteiger partial charge in [-0.25, -0.2) is 8.78 Å². The average Bonchev–Trinajstić information content (AvgIpc) is 2.72. The van der Waals surface area contributed by atoms with Crippen LogP contribution in [0.2, 0.25) is 0 Å². The molecule has 0 heterocycles. The molecule has 1 nitrogen and oxygen atoms in total. The lowest BCUT2D eigenvalue weighted by Gasteiger charge is -2.21. The first-order valence-corrected chi connectivity index (χ1v) is 5.05. The van der Waals surface area contributed by atoms with Crippen LogP contribution in [0.1, 0.15) is 31.2 Å². The van der Waals surface area contributed by atoms with E-state index in [4.69, 9.17) is 5.26 Å². The van der Waals surface area contributed by atoms with Crippen molar-refractivity contribution in [2.75, 3.05) is 0 Å². The molecule has 0 aromatic heterocycles. The van der Waals surface area contributed by atoms with E-state index in [2.05, 4.69) is 6.07 Å². The maximum atomic E-state index is 13.6. The van der Waals surface area contributed by atoms with Gasteiger partial charge in [-0.2, -0.15) is 5.26 Å². The Morgan fingerprint density at radius 1 is 1.20 bits per heavy atom. The van der Waals surface area contributed by atoms with Gasteiger partial charge < -0.3 is 0 Å². The van der Waals surface area contributed by atoms with Gasteiger partial charge in [0.25, 0.3) is 0 Å². The highest BCUT2D eigenvalue weighted by atomic mass is 19.2. The van der Waals surface area contributed by atoms with E-state index in [1.165, 1.54) is 12.1 Å². The molecule has 78 valence electrons. The summed E-state index contributed by atoms with van der Waals surface area (Å²) in [6.45, 7) is 0. The molecule has 1 fully saturated rings. The van der Waals surface area contributed by atoms with Crippen molar-refractivity contribution in [2.24, 2.45) is 0 Å². The number of hydrogen-bond acceptors (Lipinski definition) is 1. The van der Waals surface area contributed by atoms with Gasteiger partial charge in [-0.05, 0) is 18.9 Å². The molecule has 0 N–H and O–H groups in total. The highest BCUT2D eigenvalue weighted by Gasteiger charge is 2.38. The third kappa shape index (κ3) is 1.50. The fourth-order valence-electron chi connectivity index (χ4n) is 2.29. The Morgan fingerprint density at radius 2 is 1.87 bits per heavy atom. The molecule has 1 aromatic carbocycles. The van der Waals surface area contributed by atoms with E-state index in [0.717, 1.165) is 18.9 Å². The van der Waals surface area contributed by atoms with E-state index < -0.39 is 17.0 Å². The molecule has 0 atom stereocenters. The summed E-state index contributed by atoms with van der Waals surface area (Å²) < 4.78 is 26.6. The lowest BCUT2D eigenvalue weighted by atomic mass is 9.80. The molecule has 0 aliphatic heterocycles. The van der Waals surface area contributed by atoms with Gasteiger partial charge in [-0.1, -0.05) is 25.0 Å². The van der Waals surface area contributed by atoms with Crippen molar-refractivity contribution in [3.8, 4) is 6.07 Å². The van der Waals surface area contributed by atoms with E-state index in [1.54, 1.807) is 0 Å². The van der Waals surface area contributed by atoms with Crippen LogP contribution in [0.4, 0.5) is 8.78 Å². The first-order chi connectivity index (χ1) is 7.19. The maximum absolute atomic E-state index is 13.6. The van der Waals surface area contributed by atoms with Crippen LogP contribution < -0.4 is 0 Å². The van der Waals surface area contributed by atoms with Gasteiger partial charge in [0.15, 0.2) is 11.6 Å². The van der Waals surface area contributed by atoms with Gasteiger partial charge in [0, 0.05) is 5.56 Å². The first kappa shape index (κ1) is 10.1. The van der Waals surface area contributed by atoms with Gasteiger partial charge in [0.05, 0.1) is 11.5 Å². The zero-order chi connectivity index (χ0) is 10.9. The number of hydrogen-bond donors (Lipinski definition) is 0. The molecule has 0 radical (unpaired) electrons. The minimum atomic E-state index is -0.867. The van der Waals surface area contributed by atoms with Crippen LogP contribution in [-0.2, 0) is 5.41 Å². The Balaban J connectivity index is 2.53. The van der Waals surface area contributed by atoms with Gasteiger partial charge in [-0.15, -0.1) is 0 Å². The number of nitriles is 1. The minimum absolute atomic E-state index is 0.225. The predicted octanol–water partition coefficient (Wildman–Crippen LogP) is 3.30. The van der Waals surface area contributed by atoms with Crippen molar-refractivity contribution in [3.05, 3.63) is 35.4 Å². The SMILES string of the molecule is N#CC1(c2cccc(F)c2F)CCCC1. The van der Waals surface area contributed by atoms with Crippen molar-refractivity contribution in [1.29, 1.82) is 5.26 Å². The Hall–Kier alpha value is -1.43. The smallest absolute Gasteiger partial charge is 0.163 e. The predicted molar refractivity (Wildman–Crippen MR) is 52.1 cm³/mol. The van der Waals surface area contributed by atoms with Gasteiger partial charge in [0.1, 0.15) is 0 Å².